The van der Waals surface area contributed by atoms with Crippen LogP contribution in [-0.4, -0.2) is 44.1 Å². The van der Waals surface area contributed by atoms with Crippen LogP contribution in [0.5, 0.6) is 11.5 Å². The number of carbonyl (C=O) groups is 1. The van der Waals surface area contributed by atoms with Gasteiger partial charge in [0.05, 0.1) is 23.4 Å². The molecule has 14 nitrogen and oxygen atoms in total. The van der Waals surface area contributed by atoms with Crippen molar-refractivity contribution in [3.8, 4) is 11.5 Å². The monoisotopic (exact) mass is 661 g/mol. The molecule has 0 fully saturated rings. The number of amides is 1. The Hall–Kier alpha value is -5.55. The summed E-state index contributed by atoms with van der Waals surface area (Å²) < 4.78 is 71.4. The van der Waals surface area contributed by atoms with Crippen LogP contribution in [0.15, 0.2) is 127 Å². The van der Waals surface area contributed by atoms with E-state index in [2.05, 4.69) is 25.8 Å². The number of ether oxygens (including phenoxy) is 1. The molecular formula is C30H23N5O9S2. The van der Waals surface area contributed by atoms with Gasteiger partial charge in [-0.05, 0) is 78.2 Å². The van der Waals surface area contributed by atoms with E-state index in [0.717, 1.165) is 6.07 Å². The normalized spacial score (nSPS) is 12.2. The van der Waals surface area contributed by atoms with Gasteiger partial charge in [-0.25, -0.2) is 0 Å². The Morgan fingerprint density at radius 3 is 2.07 bits per heavy atom. The summed E-state index contributed by atoms with van der Waals surface area (Å²) >= 11 is 0. The van der Waals surface area contributed by atoms with Gasteiger partial charge in [0, 0.05) is 22.7 Å². The van der Waals surface area contributed by atoms with E-state index in [1.165, 1.54) is 67.8 Å². The zero-order valence-corrected chi connectivity index (χ0v) is 25.3. The van der Waals surface area contributed by atoms with Crippen molar-refractivity contribution in [1.82, 2.24) is 0 Å². The Balaban J connectivity index is 1.44. The van der Waals surface area contributed by atoms with E-state index < -0.39 is 42.5 Å². The molecule has 0 atom stereocenters. The molecule has 5 aromatic carbocycles. The number of carbonyl (C=O) groups excluding carboxylic acids is 1. The first-order chi connectivity index (χ1) is 21.8. The molecule has 0 spiro atoms. The molecular weight excluding hydrogens is 638 g/mol. The van der Waals surface area contributed by atoms with Gasteiger partial charge in [0.1, 0.15) is 22.0 Å². The summed E-state index contributed by atoms with van der Waals surface area (Å²) in [5.41, 5.74) is 0.893. The molecule has 1 amide bonds. The Bertz CT molecular complexity index is 2240. The summed E-state index contributed by atoms with van der Waals surface area (Å²) in [6.07, 6.45) is 0. The number of hydrogen-bond donors (Lipinski definition) is 4. The van der Waals surface area contributed by atoms with Gasteiger partial charge in [-0.3, -0.25) is 13.9 Å². The number of azo groups is 2. The maximum absolute atomic E-state index is 12.6. The molecule has 5 aromatic rings. The SMILES string of the molecule is COc1cc(N=Nc2ccc(S(=O)(=O)O)cc2)ccc1N=Nc1c(S(=O)(=O)O)cc2cc(NC(=O)c3ccccc3)ccc2c1O. The third kappa shape index (κ3) is 7.22. The Labute approximate surface area is 262 Å². The molecule has 0 saturated heterocycles. The maximum atomic E-state index is 12.6. The van der Waals surface area contributed by atoms with Gasteiger partial charge in [-0.15, -0.1) is 10.2 Å². The van der Waals surface area contributed by atoms with Crippen LogP contribution in [0.4, 0.5) is 28.4 Å². The molecule has 4 N–H and O–H groups in total. The fraction of sp³-hybridized carbons (Fsp3) is 0.0333. The van der Waals surface area contributed by atoms with E-state index >= 15 is 0 Å². The number of nitrogens with one attached hydrogen (secondary N) is 1. The summed E-state index contributed by atoms with van der Waals surface area (Å²) in [6, 6.07) is 23.3. The maximum Gasteiger partial charge on any atom is 0.296 e. The Kier molecular flexibility index (Phi) is 8.88. The van der Waals surface area contributed by atoms with Crippen LogP contribution < -0.4 is 10.1 Å². The molecule has 0 aliphatic rings. The molecule has 0 saturated carbocycles. The number of benzene rings is 5. The summed E-state index contributed by atoms with van der Waals surface area (Å²) in [5.74, 6) is -0.839. The highest BCUT2D eigenvalue weighted by atomic mass is 32.2. The summed E-state index contributed by atoms with van der Waals surface area (Å²) in [7, 11) is -7.91. The van der Waals surface area contributed by atoms with Crippen LogP contribution in [0.2, 0.25) is 0 Å². The molecule has 0 bridgehead atoms. The molecule has 16 heteroatoms. The number of rotatable bonds is 9. The van der Waals surface area contributed by atoms with Gasteiger partial charge < -0.3 is 15.2 Å². The van der Waals surface area contributed by atoms with E-state index in [0.29, 0.717) is 22.6 Å². The number of fused-ring (bicyclic) bond motifs is 1. The standard InChI is InChI=1S/C30H23N5O9S2/c1-44-26-17-22(33-32-20-7-11-23(12-8-20)45(38,39)40)10-14-25(26)34-35-28-27(46(41,42)43)16-19-15-21(9-13-24(19)29(28)36)31-30(37)18-5-3-2-4-6-18/h2-17,36H,1H3,(H,31,37)(H,38,39,40)(H,41,42,43). The minimum atomic E-state index is -4.90. The average Bonchev–Trinajstić information content (AvgIpc) is 3.03. The molecule has 0 radical (unpaired) electrons. The highest BCUT2D eigenvalue weighted by Crippen LogP contribution is 2.43. The quantitative estimate of drug-likeness (QED) is 0.0931. The fourth-order valence-electron chi connectivity index (χ4n) is 4.23. The van der Waals surface area contributed by atoms with Crippen molar-refractivity contribution in [3.63, 3.8) is 0 Å². The number of phenolic OH excluding ortho intramolecular Hbond substituents is 1. The van der Waals surface area contributed by atoms with Gasteiger partial charge in [0.2, 0.25) is 0 Å². The van der Waals surface area contributed by atoms with Crippen molar-refractivity contribution < 1.29 is 40.6 Å². The highest BCUT2D eigenvalue weighted by Gasteiger charge is 2.22. The van der Waals surface area contributed by atoms with E-state index in [-0.39, 0.29) is 27.1 Å². The zero-order valence-electron chi connectivity index (χ0n) is 23.6. The third-order valence-corrected chi connectivity index (χ3v) is 8.19. The molecule has 0 aromatic heterocycles. The Morgan fingerprint density at radius 1 is 0.739 bits per heavy atom. The van der Waals surface area contributed by atoms with Gasteiger partial charge in [0.15, 0.2) is 5.75 Å². The van der Waals surface area contributed by atoms with Gasteiger partial charge >= 0.3 is 0 Å². The van der Waals surface area contributed by atoms with Crippen molar-refractivity contribution in [2.75, 3.05) is 12.4 Å². The average molecular weight is 662 g/mol. The molecule has 0 aliphatic carbocycles. The molecule has 0 aliphatic heterocycles. The van der Waals surface area contributed by atoms with Crippen molar-refractivity contribution in [2.45, 2.75) is 9.79 Å². The fourth-order valence-corrected chi connectivity index (χ4v) is 5.37. The van der Waals surface area contributed by atoms with Crippen LogP contribution in [0.1, 0.15) is 10.4 Å². The zero-order chi connectivity index (χ0) is 33.1. The lowest BCUT2D eigenvalue weighted by Crippen LogP contribution is -2.11. The summed E-state index contributed by atoms with van der Waals surface area (Å²) in [5, 5.41) is 30.1. The van der Waals surface area contributed by atoms with E-state index in [4.69, 9.17) is 9.29 Å². The van der Waals surface area contributed by atoms with Crippen LogP contribution >= 0.6 is 0 Å². The predicted octanol–water partition coefficient (Wildman–Crippen LogP) is 7.13. The number of methoxy groups -OCH3 is 1. The molecule has 0 unspecified atom stereocenters. The number of phenols is 1. The number of aromatic hydroxyl groups is 1. The highest BCUT2D eigenvalue weighted by molar-refractivity contribution is 7.86. The van der Waals surface area contributed by atoms with Gasteiger partial charge in [-0.1, -0.05) is 18.2 Å². The second-order valence-electron chi connectivity index (χ2n) is 9.53. The second kappa shape index (κ2) is 12.8. The largest absolute Gasteiger partial charge is 0.505 e. The number of nitrogens with zero attached hydrogens (tertiary/aromatic N) is 4. The lowest BCUT2D eigenvalue weighted by Gasteiger charge is -2.11. The smallest absolute Gasteiger partial charge is 0.296 e. The predicted molar refractivity (Wildman–Crippen MR) is 167 cm³/mol. The van der Waals surface area contributed by atoms with E-state index in [9.17, 15) is 31.3 Å². The molecule has 0 heterocycles. The summed E-state index contributed by atoms with van der Waals surface area (Å²) in [6.45, 7) is 0. The van der Waals surface area contributed by atoms with E-state index in [1.54, 1.807) is 30.3 Å². The molecule has 46 heavy (non-hydrogen) atoms. The minimum absolute atomic E-state index is 0.110. The lowest BCUT2D eigenvalue weighted by molar-refractivity contribution is 0.102. The van der Waals surface area contributed by atoms with Gasteiger partial charge in [-0.2, -0.15) is 27.1 Å². The van der Waals surface area contributed by atoms with Crippen molar-refractivity contribution in [3.05, 3.63) is 103 Å². The van der Waals surface area contributed by atoms with Crippen molar-refractivity contribution in [2.24, 2.45) is 20.5 Å². The lowest BCUT2D eigenvalue weighted by atomic mass is 10.1. The minimum Gasteiger partial charge on any atom is -0.505 e. The Morgan fingerprint density at radius 2 is 1.41 bits per heavy atom. The first kappa shape index (κ1) is 31.9. The number of anilines is 1. The first-order valence-corrected chi connectivity index (χ1v) is 15.9. The first-order valence-electron chi connectivity index (χ1n) is 13.1. The second-order valence-corrected chi connectivity index (χ2v) is 12.3. The topological polar surface area (TPSA) is 217 Å². The van der Waals surface area contributed by atoms with Crippen LogP contribution in [0, 0.1) is 0 Å². The van der Waals surface area contributed by atoms with Crippen LogP contribution in [-0.2, 0) is 20.2 Å². The van der Waals surface area contributed by atoms with Crippen molar-refractivity contribution >= 4 is 65.4 Å². The van der Waals surface area contributed by atoms with Crippen LogP contribution in [0.25, 0.3) is 10.8 Å². The molecule has 234 valence electrons. The van der Waals surface area contributed by atoms with E-state index in [1.807, 2.05) is 0 Å². The summed E-state index contributed by atoms with van der Waals surface area (Å²) in [4.78, 5) is 11.5. The third-order valence-electron chi connectivity index (χ3n) is 6.46. The van der Waals surface area contributed by atoms with Crippen molar-refractivity contribution in [1.29, 1.82) is 0 Å². The van der Waals surface area contributed by atoms with Gasteiger partial charge in [0.25, 0.3) is 26.1 Å². The van der Waals surface area contributed by atoms with Crippen LogP contribution in [0.3, 0.4) is 0 Å². The number of hydrogen-bond acceptors (Lipinski definition) is 11. The molecule has 5 rings (SSSR count).